The SMILES string of the molecule is CC1CN(C(c2ccccc2)c2ccccc2)C1.c1ccc(C(c2ccccc2)N2CC(n3ccnc3)C2)cc1. The molecule has 0 bridgehead atoms. The molecule has 4 nitrogen and oxygen atoms in total. The molecule has 4 heteroatoms. The van der Waals surface area contributed by atoms with E-state index in [-0.39, 0.29) is 0 Å². The van der Waals surface area contributed by atoms with Crippen molar-refractivity contribution in [2.24, 2.45) is 5.92 Å². The molecule has 5 aromatic rings. The van der Waals surface area contributed by atoms with Gasteiger partial charge in [0, 0.05) is 38.6 Å². The van der Waals surface area contributed by atoms with Gasteiger partial charge in [-0.15, -0.1) is 0 Å². The molecule has 0 spiro atoms. The predicted molar refractivity (Wildman–Crippen MR) is 163 cm³/mol. The van der Waals surface area contributed by atoms with Crippen LogP contribution in [-0.4, -0.2) is 45.5 Å². The van der Waals surface area contributed by atoms with Crippen LogP contribution in [0.4, 0.5) is 0 Å². The third kappa shape index (κ3) is 5.94. The summed E-state index contributed by atoms with van der Waals surface area (Å²) in [4.78, 5) is 9.26. The first-order valence-corrected chi connectivity index (χ1v) is 14.4. The lowest BCUT2D eigenvalue weighted by molar-refractivity contribution is 0.0751. The van der Waals surface area contributed by atoms with E-state index < -0.39 is 0 Å². The van der Waals surface area contributed by atoms with Gasteiger partial charge in [0.1, 0.15) is 0 Å². The van der Waals surface area contributed by atoms with Crippen LogP contribution in [0.2, 0.25) is 0 Å². The second kappa shape index (κ2) is 12.5. The van der Waals surface area contributed by atoms with Crippen LogP contribution in [-0.2, 0) is 0 Å². The predicted octanol–water partition coefficient (Wildman–Crippen LogP) is 7.26. The fourth-order valence-electron chi connectivity index (χ4n) is 6.10. The third-order valence-corrected chi connectivity index (χ3v) is 8.12. The van der Waals surface area contributed by atoms with Crippen LogP contribution in [0.1, 0.15) is 47.3 Å². The van der Waals surface area contributed by atoms with Gasteiger partial charge in [0.05, 0.1) is 24.5 Å². The number of hydrogen-bond acceptors (Lipinski definition) is 3. The summed E-state index contributed by atoms with van der Waals surface area (Å²) in [6.45, 7) is 6.85. The smallest absolute Gasteiger partial charge is 0.0949 e. The van der Waals surface area contributed by atoms with Crippen molar-refractivity contribution in [3.8, 4) is 0 Å². The van der Waals surface area contributed by atoms with Gasteiger partial charge in [0.15, 0.2) is 0 Å². The van der Waals surface area contributed by atoms with Crippen LogP contribution in [0.5, 0.6) is 0 Å². The summed E-state index contributed by atoms with van der Waals surface area (Å²) in [5, 5.41) is 0. The Morgan fingerprint density at radius 1 is 0.550 bits per heavy atom. The molecule has 0 radical (unpaired) electrons. The number of hydrogen-bond donors (Lipinski definition) is 0. The molecule has 0 saturated carbocycles. The van der Waals surface area contributed by atoms with E-state index in [0.29, 0.717) is 18.1 Å². The molecule has 40 heavy (non-hydrogen) atoms. The molecule has 4 aromatic carbocycles. The maximum Gasteiger partial charge on any atom is 0.0949 e. The zero-order chi connectivity index (χ0) is 27.1. The number of imidazole rings is 1. The number of aromatic nitrogens is 2. The van der Waals surface area contributed by atoms with Gasteiger partial charge in [-0.2, -0.15) is 0 Å². The van der Waals surface area contributed by atoms with Gasteiger partial charge < -0.3 is 4.57 Å². The lowest BCUT2D eigenvalue weighted by Gasteiger charge is -2.45. The standard InChI is InChI=1S/C19H19N3.C17H19N/c1-3-7-16(8-4-1)19(17-9-5-2-6-10-17)22-13-18(14-22)21-12-11-20-15-21;1-14-12-18(13-14)17(15-8-4-2-5-9-15)16-10-6-3-7-11-16/h1-12,15,18-19H,13-14H2;2-11,14,17H,12-13H2,1H3. The highest BCUT2D eigenvalue weighted by Gasteiger charge is 2.34. The third-order valence-electron chi connectivity index (χ3n) is 8.12. The Kier molecular flexibility index (Phi) is 8.17. The monoisotopic (exact) mass is 526 g/mol. The summed E-state index contributed by atoms with van der Waals surface area (Å²) in [5.74, 6) is 0.833. The van der Waals surface area contributed by atoms with Crippen LogP contribution in [0.25, 0.3) is 0 Å². The highest BCUT2D eigenvalue weighted by molar-refractivity contribution is 5.33. The molecule has 2 saturated heterocycles. The zero-order valence-electron chi connectivity index (χ0n) is 23.2. The van der Waals surface area contributed by atoms with Gasteiger partial charge in [0.25, 0.3) is 0 Å². The normalized spacial score (nSPS) is 16.3. The molecular formula is C36H38N4. The molecule has 3 heterocycles. The molecular weight excluding hydrogens is 488 g/mol. The first-order chi connectivity index (χ1) is 19.8. The molecule has 0 unspecified atom stereocenters. The van der Waals surface area contributed by atoms with Gasteiger partial charge in [-0.25, -0.2) is 4.98 Å². The summed E-state index contributed by atoms with van der Waals surface area (Å²) in [7, 11) is 0. The van der Waals surface area contributed by atoms with E-state index in [1.807, 2.05) is 12.5 Å². The van der Waals surface area contributed by atoms with E-state index in [0.717, 1.165) is 19.0 Å². The quantitative estimate of drug-likeness (QED) is 0.223. The first kappa shape index (κ1) is 26.2. The minimum atomic E-state index is 0.335. The average molecular weight is 527 g/mol. The Hall–Kier alpha value is -3.99. The van der Waals surface area contributed by atoms with Crippen molar-refractivity contribution in [1.29, 1.82) is 0 Å². The van der Waals surface area contributed by atoms with Crippen molar-refractivity contribution in [2.45, 2.75) is 25.0 Å². The minimum absolute atomic E-state index is 0.335. The minimum Gasteiger partial charge on any atom is -0.332 e. The van der Waals surface area contributed by atoms with Crippen LogP contribution >= 0.6 is 0 Å². The fraction of sp³-hybridized carbons (Fsp3) is 0.250. The molecule has 7 rings (SSSR count). The maximum absolute atomic E-state index is 4.16. The molecule has 1 aromatic heterocycles. The Bertz CT molecular complexity index is 1330. The summed E-state index contributed by atoms with van der Waals surface area (Å²) in [6, 6.07) is 44.5. The van der Waals surface area contributed by atoms with E-state index >= 15 is 0 Å². The summed E-state index contributed by atoms with van der Waals surface area (Å²) in [5.41, 5.74) is 5.52. The van der Waals surface area contributed by atoms with E-state index in [4.69, 9.17) is 0 Å². The topological polar surface area (TPSA) is 24.3 Å². The molecule has 0 aliphatic carbocycles. The lowest BCUT2D eigenvalue weighted by atomic mass is 9.91. The lowest BCUT2D eigenvalue weighted by Crippen LogP contribution is -2.49. The number of nitrogens with zero attached hydrogens (tertiary/aromatic N) is 4. The van der Waals surface area contributed by atoms with E-state index in [1.54, 1.807) is 0 Å². The summed E-state index contributed by atoms with van der Waals surface area (Å²) >= 11 is 0. The molecule has 2 aliphatic heterocycles. The molecule has 2 fully saturated rings. The van der Waals surface area contributed by atoms with Crippen LogP contribution in [0, 0.1) is 5.92 Å². The Morgan fingerprint density at radius 2 is 0.925 bits per heavy atom. The molecule has 0 amide bonds. The number of benzene rings is 4. The van der Waals surface area contributed by atoms with E-state index in [9.17, 15) is 0 Å². The van der Waals surface area contributed by atoms with Gasteiger partial charge in [0.2, 0.25) is 0 Å². The van der Waals surface area contributed by atoms with Crippen molar-refractivity contribution in [1.82, 2.24) is 19.4 Å². The highest BCUT2D eigenvalue weighted by Crippen LogP contribution is 2.36. The van der Waals surface area contributed by atoms with Crippen molar-refractivity contribution in [3.05, 3.63) is 162 Å². The fourth-order valence-corrected chi connectivity index (χ4v) is 6.10. The average Bonchev–Trinajstić information content (AvgIpc) is 3.51. The summed E-state index contributed by atoms with van der Waals surface area (Å²) in [6.07, 6.45) is 5.83. The van der Waals surface area contributed by atoms with E-state index in [1.165, 1.54) is 35.3 Å². The van der Waals surface area contributed by atoms with E-state index in [2.05, 4.69) is 154 Å². The number of rotatable bonds is 7. The molecule has 202 valence electrons. The van der Waals surface area contributed by atoms with Crippen molar-refractivity contribution in [3.63, 3.8) is 0 Å². The summed E-state index contributed by atoms with van der Waals surface area (Å²) < 4.78 is 2.21. The zero-order valence-corrected chi connectivity index (χ0v) is 23.2. The van der Waals surface area contributed by atoms with Crippen molar-refractivity contribution < 1.29 is 0 Å². The largest absolute Gasteiger partial charge is 0.332 e. The Labute approximate surface area is 238 Å². The molecule has 2 aliphatic rings. The Balaban J connectivity index is 0.000000148. The first-order valence-electron chi connectivity index (χ1n) is 14.4. The van der Waals surface area contributed by atoms with Crippen LogP contribution in [0.15, 0.2) is 140 Å². The van der Waals surface area contributed by atoms with Crippen LogP contribution < -0.4 is 0 Å². The number of likely N-dealkylation sites (tertiary alicyclic amines) is 2. The van der Waals surface area contributed by atoms with Crippen LogP contribution in [0.3, 0.4) is 0 Å². The van der Waals surface area contributed by atoms with Gasteiger partial charge >= 0.3 is 0 Å². The highest BCUT2D eigenvalue weighted by atomic mass is 15.3. The molecule has 0 N–H and O–H groups in total. The maximum atomic E-state index is 4.16. The van der Waals surface area contributed by atoms with Gasteiger partial charge in [-0.1, -0.05) is 128 Å². The van der Waals surface area contributed by atoms with Gasteiger partial charge in [-0.3, -0.25) is 9.80 Å². The second-order valence-corrected chi connectivity index (χ2v) is 11.1. The van der Waals surface area contributed by atoms with Crippen molar-refractivity contribution >= 4 is 0 Å². The van der Waals surface area contributed by atoms with Gasteiger partial charge in [-0.05, 0) is 28.2 Å². The van der Waals surface area contributed by atoms with Crippen molar-refractivity contribution in [2.75, 3.05) is 26.2 Å². The molecule has 0 atom stereocenters. The Morgan fingerprint density at radius 3 is 1.25 bits per heavy atom. The second-order valence-electron chi connectivity index (χ2n) is 11.1.